The van der Waals surface area contributed by atoms with Gasteiger partial charge in [-0.1, -0.05) is 12.8 Å². The zero-order valence-electron chi connectivity index (χ0n) is 15.9. The monoisotopic (exact) mass is 382 g/mol. The number of benzene rings is 1. The van der Waals surface area contributed by atoms with E-state index in [1.807, 2.05) is 6.07 Å². The molecule has 3 atom stereocenters. The normalized spacial score (nSPS) is 30.1. The van der Waals surface area contributed by atoms with Gasteiger partial charge in [-0.3, -0.25) is 19.7 Å². The van der Waals surface area contributed by atoms with Crippen molar-refractivity contribution in [3.05, 3.63) is 29.3 Å². The fourth-order valence-corrected chi connectivity index (χ4v) is 5.32. The lowest BCUT2D eigenvalue weighted by Crippen LogP contribution is -2.59. The standard InChI is InChI=1S/C21H26N4O3/c26-19-8-7-18(20(27)23-19)25-12-13-11-14(5-6-15(13)21(25)28)24-10-9-22-16-3-1-2-4-17(16)24/h5-6,11,16-18,22H,1-4,7-10,12H2,(H,23,26,27). The number of fused-ring (bicyclic) bond motifs is 2. The van der Waals surface area contributed by atoms with E-state index in [1.54, 1.807) is 4.90 Å². The van der Waals surface area contributed by atoms with Crippen molar-refractivity contribution in [2.75, 3.05) is 18.0 Å². The maximum Gasteiger partial charge on any atom is 0.255 e. The molecule has 3 unspecified atom stereocenters. The molecule has 0 spiro atoms. The summed E-state index contributed by atoms with van der Waals surface area (Å²) in [5.74, 6) is -0.717. The Kier molecular flexibility index (Phi) is 4.34. The molecule has 0 aromatic heterocycles. The van der Waals surface area contributed by atoms with Crippen molar-refractivity contribution in [3.8, 4) is 0 Å². The third-order valence-corrected chi connectivity index (χ3v) is 6.73. The van der Waals surface area contributed by atoms with Crippen LogP contribution >= 0.6 is 0 Å². The van der Waals surface area contributed by atoms with Gasteiger partial charge < -0.3 is 15.1 Å². The largest absolute Gasteiger partial charge is 0.366 e. The Hall–Kier alpha value is -2.41. The molecule has 7 nitrogen and oxygen atoms in total. The van der Waals surface area contributed by atoms with Gasteiger partial charge in [0.25, 0.3) is 5.91 Å². The predicted molar refractivity (Wildman–Crippen MR) is 104 cm³/mol. The van der Waals surface area contributed by atoms with Gasteiger partial charge in [-0.05, 0) is 43.0 Å². The van der Waals surface area contributed by atoms with E-state index >= 15 is 0 Å². The third-order valence-electron chi connectivity index (χ3n) is 6.73. The van der Waals surface area contributed by atoms with Gasteiger partial charge in [0, 0.05) is 49.4 Å². The van der Waals surface area contributed by atoms with Crippen LogP contribution in [0, 0.1) is 0 Å². The second-order valence-corrected chi connectivity index (χ2v) is 8.35. The van der Waals surface area contributed by atoms with Crippen LogP contribution in [0.3, 0.4) is 0 Å². The van der Waals surface area contributed by atoms with Crippen LogP contribution in [-0.4, -0.2) is 53.8 Å². The van der Waals surface area contributed by atoms with Crippen molar-refractivity contribution < 1.29 is 14.4 Å². The molecule has 3 aliphatic heterocycles. The molecule has 7 heteroatoms. The molecule has 3 amide bonds. The average Bonchev–Trinajstić information content (AvgIpc) is 3.03. The summed E-state index contributed by atoms with van der Waals surface area (Å²) in [7, 11) is 0. The molecule has 0 radical (unpaired) electrons. The number of nitrogens with one attached hydrogen (secondary N) is 2. The van der Waals surface area contributed by atoms with Crippen molar-refractivity contribution >= 4 is 23.4 Å². The number of rotatable bonds is 2. The zero-order valence-corrected chi connectivity index (χ0v) is 15.9. The van der Waals surface area contributed by atoms with Crippen molar-refractivity contribution in [2.24, 2.45) is 0 Å². The van der Waals surface area contributed by atoms with E-state index in [1.165, 1.54) is 31.4 Å². The fraction of sp³-hybridized carbons (Fsp3) is 0.571. The first-order chi connectivity index (χ1) is 13.6. The quantitative estimate of drug-likeness (QED) is 0.751. The summed E-state index contributed by atoms with van der Waals surface area (Å²) in [5, 5.41) is 6.02. The van der Waals surface area contributed by atoms with Gasteiger partial charge in [0.1, 0.15) is 6.04 Å². The summed E-state index contributed by atoms with van der Waals surface area (Å²) in [4.78, 5) is 40.6. The number of piperazine rings is 1. The number of hydrogen-bond acceptors (Lipinski definition) is 5. The molecule has 148 valence electrons. The third kappa shape index (κ3) is 2.89. The molecule has 2 N–H and O–H groups in total. The van der Waals surface area contributed by atoms with E-state index in [-0.39, 0.29) is 24.1 Å². The van der Waals surface area contributed by atoms with Crippen molar-refractivity contribution in [2.45, 2.75) is 63.2 Å². The lowest BCUT2D eigenvalue weighted by Gasteiger charge is -2.46. The highest BCUT2D eigenvalue weighted by molar-refractivity contribution is 6.05. The molecule has 1 aromatic carbocycles. The Morgan fingerprint density at radius 1 is 1.00 bits per heavy atom. The van der Waals surface area contributed by atoms with Gasteiger partial charge in [0.2, 0.25) is 11.8 Å². The molecule has 3 heterocycles. The van der Waals surface area contributed by atoms with Crippen LogP contribution < -0.4 is 15.5 Å². The number of hydrogen-bond donors (Lipinski definition) is 2. The smallest absolute Gasteiger partial charge is 0.255 e. The number of amides is 3. The van der Waals surface area contributed by atoms with Gasteiger partial charge >= 0.3 is 0 Å². The van der Waals surface area contributed by atoms with Gasteiger partial charge in [0.05, 0.1) is 0 Å². The lowest BCUT2D eigenvalue weighted by molar-refractivity contribution is -0.136. The van der Waals surface area contributed by atoms with E-state index in [9.17, 15) is 14.4 Å². The predicted octanol–water partition coefficient (Wildman–Crippen LogP) is 1.17. The van der Waals surface area contributed by atoms with Crippen LogP contribution in [0.2, 0.25) is 0 Å². The Bertz CT molecular complexity index is 837. The maximum absolute atomic E-state index is 12.9. The summed E-state index contributed by atoms with van der Waals surface area (Å²) < 4.78 is 0. The Morgan fingerprint density at radius 3 is 2.71 bits per heavy atom. The highest BCUT2D eigenvalue weighted by atomic mass is 16.2. The van der Waals surface area contributed by atoms with Crippen molar-refractivity contribution in [1.82, 2.24) is 15.5 Å². The number of nitrogens with zero attached hydrogens (tertiary/aromatic N) is 2. The molecule has 5 rings (SSSR count). The molecule has 1 aromatic rings. The summed E-state index contributed by atoms with van der Waals surface area (Å²) >= 11 is 0. The fourth-order valence-electron chi connectivity index (χ4n) is 5.32. The zero-order chi connectivity index (χ0) is 19.3. The molecule has 1 aliphatic carbocycles. The molecule has 1 saturated carbocycles. The highest BCUT2D eigenvalue weighted by Crippen LogP contribution is 2.34. The van der Waals surface area contributed by atoms with Crippen molar-refractivity contribution in [3.63, 3.8) is 0 Å². The van der Waals surface area contributed by atoms with E-state index < -0.39 is 6.04 Å². The first-order valence-electron chi connectivity index (χ1n) is 10.4. The van der Waals surface area contributed by atoms with Gasteiger partial charge in [-0.25, -0.2) is 0 Å². The van der Waals surface area contributed by atoms with Crippen LogP contribution in [0.15, 0.2) is 18.2 Å². The van der Waals surface area contributed by atoms with Crippen LogP contribution in [0.4, 0.5) is 5.69 Å². The maximum atomic E-state index is 12.9. The van der Waals surface area contributed by atoms with E-state index in [4.69, 9.17) is 0 Å². The SMILES string of the molecule is O=C1CCC(N2Cc3cc(N4CCNC5CCCCC54)ccc3C2=O)C(=O)N1. The number of imide groups is 1. The minimum Gasteiger partial charge on any atom is -0.366 e. The van der Waals surface area contributed by atoms with E-state index in [0.29, 0.717) is 30.6 Å². The Balaban J connectivity index is 1.38. The van der Waals surface area contributed by atoms with Crippen LogP contribution in [-0.2, 0) is 16.1 Å². The summed E-state index contributed by atoms with van der Waals surface area (Å²) in [6.45, 7) is 2.40. The number of anilines is 1. The molecule has 28 heavy (non-hydrogen) atoms. The second-order valence-electron chi connectivity index (χ2n) is 8.35. The van der Waals surface area contributed by atoms with Crippen LogP contribution in [0.5, 0.6) is 0 Å². The van der Waals surface area contributed by atoms with Crippen molar-refractivity contribution in [1.29, 1.82) is 0 Å². The van der Waals surface area contributed by atoms with E-state index in [0.717, 1.165) is 18.7 Å². The number of carbonyl (C=O) groups excluding carboxylic acids is 3. The summed E-state index contributed by atoms with van der Waals surface area (Å²) in [6, 6.07) is 6.63. The minimum absolute atomic E-state index is 0.105. The molecule has 4 aliphatic rings. The minimum atomic E-state index is -0.553. The van der Waals surface area contributed by atoms with Gasteiger partial charge in [0.15, 0.2) is 0 Å². The first kappa shape index (κ1) is 17.7. The lowest BCUT2D eigenvalue weighted by atomic mass is 9.87. The van der Waals surface area contributed by atoms with Crippen LogP contribution in [0.25, 0.3) is 0 Å². The van der Waals surface area contributed by atoms with Gasteiger partial charge in [-0.2, -0.15) is 0 Å². The first-order valence-corrected chi connectivity index (χ1v) is 10.4. The average molecular weight is 382 g/mol. The second kappa shape index (κ2) is 6.88. The topological polar surface area (TPSA) is 81.8 Å². The summed E-state index contributed by atoms with van der Waals surface area (Å²) in [5.41, 5.74) is 2.84. The molecule has 2 saturated heterocycles. The summed E-state index contributed by atoms with van der Waals surface area (Å²) in [6.07, 6.45) is 5.68. The Morgan fingerprint density at radius 2 is 1.86 bits per heavy atom. The van der Waals surface area contributed by atoms with Gasteiger partial charge in [-0.15, -0.1) is 0 Å². The van der Waals surface area contributed by atoms with Crippen LogP contribution in [0.1, 0.15) is 54.4 Å². The van der Waals surface area contributed by atoms with E-state index in [2.05, 4.69) is 27.7 Å². The number of carbonyl (C=O) groups is 3. The number of piperidine rings is 1. The molecule has 0 bridgehead atoms. The Labute approximate surface area is 164 Å². The highest BCUT2D eigenvalue weighted by Gasteiger charge is 2.40. The molecular weight excluding hydrogens is 356 g/mol. The molecule has 3 fully saturated rings. The molecular formula is C21H26N4O3.